The number of hydrogen-bond acceptors (Lipinski definition) is 3. The van der Waals surface area contributed by atoms with E-state index in [9.17, 15) is 10.0 Å². The first-order valence-electron chi connectivity index (χ1n) is 8.70. The van der Waals surface area contributed by atoms with Gasteiger partial charge in [-0.25, -0.2) is 0 Å². The minimum absolute atomic E-state index is 0. The molecule has 0 unspecified atom stereocenters. The van der Waals surface area contributed by atoms with Crippen molar-refractivity contribution in [2.45, 2.75) is 96.8 Å². The Kier molecular flexibility index (Phi) is 24.7. The van der Waals surface area contributed by atoms with Crippen molar-refractivity contribution in [2.75, 3.05) is 6.61 Å². The normalized spacial score (nSPS) is 10.4. The fraction of sp³-hybridized carbons (Fsp3) is 1.00. The van der Waals surface area contributed by atoms with Crippen LogP contribution in [-0.4, -0.2) is 51.7 Å². The first-order valence-corrected chi connectivity index (χ1v) is 8.70. The molecule has 0 aromatic rings. The van der Waals surface area contributed by atoms with Gasteiger partial charge in [-0.15, -0.1) is 0 Å². The van der Waals surface area contributed by atoms with Crippen molar-refractivity contribution in [3.05, 3.63) is 0 Å². The summed E-state index contributed by atoms with van der Waals surface area (Å²) in [6.07, 6.45) is 18.2. The maximum Gasteiger partial charge on any atom is 2.00 e. The van der Waals surface area contributed by atoms with Crippen LogP contribution in [0.3, 0.4) is 0 Å². The maximum atomic E-state index is 10.1. The summed E-state index contributed by atoms with van der Waals surface area (Å²) in [7, 11) is -2.10. The van der Waals surface area contributed by atoms with Gasteiger partial charge in [-0.05, 0) is 6.42 Å². The molecular formula is C16H33BCaO3. The standard InChI is InChI=1S/C16H33BO3.Ca/c1-2-3-4-5-6-7-8-9-10-11-12-13-14-15-16-20-17(18)19;/h2-16H2,1H3;/q-2;+2. The molecule has 120 valence electrons. The smallest absolute Gasteiger partial charge is 0.871 e. The summed E-state index contributed by atoms with van der Waals surface area (Å²) in [6, 6.07) is 0. The van der Waals surface area contributed by atoms with Crippen LogP contribution in [0.15, 0.2) is 0 Å². The van der Waals surface area contributed by atoms with Gasteiger partial charge < -0.3 is 14.7 Å². The van der Waals surface area contributed by atoms with Crippen molar-refractivity contribution in [2.24, 2.45) is 0 Å². The molecular weight excluding hydrogens is 291 g/mol. The van der Waals surface area contributed by atoms with Crippen LogP contribution in [0, 0.1) is 0 Å². The molecule has 0 atom stereocenters. The third-order valence-corrected chi connectivity index (χ3v) is 3.75. The molecule has 0 aliphatic rings. The van der Waals surface area contributed by atoms with Crippen molar-refractivity contribution in [1.29, 1.82) is 0 Å². The minimum atomic E-state index is -2.10. The molecule has 0 heterocycles. The minimum Gasteiger partial charge on any atom is -0.871 e. The van der Waals surface area contributed by atoms with E-state index in [1.54, 1.807) is 0 Å². The molecule has 0 aliphatic heterocycles. The van der Waals surface area contributed by atoms with E-state index >= 15 is 0 Å². The monoisotopic (exact) mass is 324 g/mol. The molecule has 3 nitrogen and oxygen atoms in total. The largest absolute Gasteiger partial charge is 2.00 e. The van der Waals surface area contributed by atoms with Gasteiger partial charge >= 0.3 is 37.7 Å². The van der Waals surface area contributed by atoms with Crippen LogP contribution < -0.4 is 10.0 Å². The molecule has 0 saturated heterocycles. The predicted molar refractivity (Wildman–Crippen MR) is 87.8 cm³/mol. The van der Waals surface area contributed by atoms with Gasteiger partial charge in [0.05, 0.1) is 7.32 Å². The summed E-state index contributed by atoms with van der Waals surface area (Å²) in [5.41, 5.74) is 0. The molecule has 0 amide bonds. The Balaban J connectivity index is 0. The van der Waals surface area contributed by atoms with Crippen LogP contribution in [0.1, 0.15) is 96.8 Å². The quantitative estimate of drug-likeness (QED) is 0.324. The molecule has 5 heteroatoms. The van der Waals surface area contributed by atoms with Crippen molar-refractivity contribution in [1.82, 2.24) is 0 Å². The molecule has 0 N–H and O–H groups in total. The zero-order chi connectivity index (χ0) is 14.9. The fourth-order valence-corrected chi connectivity index (χ4v) is 2.48. The van der Waals surface area contributed by atoms with Crippen LogP contribution >= 0.6 is 0 Å². The Morgan fingerprint density at radius 2 is 0.952 bits per heavy atom. The number of rotatable bonds is 16. The first kappa shape index (κ1) is 24.5. The van der Waals surface area contributed by atoms with Crippen LogP contribution in [0.25, 0.3) is 0 Å². The van der Waals surface area contributed by atoms with Crippen molar-refractivity contribution < 1.29 is 14.7 Å². The summed E-state index contributed by atoms with van der Waals surface area (Å²) in [5.74, 6) is 0. The average Bonchev–Trinajstić information content (AvgIpc) is 2.43. The molecule has 0 fully saturated rings. The number of hydrogen-bond donors (Lipinski definition) is 0. The number of unbranched alkanes of at least 4 members (excludes halogenated alkanes) is 13. The molecule has 0 aromatic heterocycles. The molecule has 0 bridgehead atoms. The van der Waals surface area contributed by atoms with Crippen molar-refractivity contribution in [3.63, 3.8) is 0 Å². The van der Waals surface area contributed by atoms with Gasteiger partial charge in [-0.2, -0.15) is 0 Å². The maximum absolute atomic E-state index is 10.1. The molecule has 0 aliphatic carbocycles. The SMILES string of the molecule is CCCCCCCCCCCCCCCCOB([O-])[O-].[Ca+2]. The Hall–Kier alpha value is 1.20. The third-order valence-electron chi connectivity index (χ3n) is 3.75. The molecule has 0 saturated carbocycles. The fourth-order valence-electron chi connectivity index (χ4n) is 2.48. The van der Waals surface area contributed by atoms with Crippen molar-refractivity contribution >= 4 is 45.1 Å². The van der Waals surface area contributed by atoms with Crippen LogP contribution in [-0.2, 0) is 4.65 Å². The van der Waals surface area contributed by atoms with E-state index in [2.05, 4.69) is 11.6 Å². The average molecular weight is 324 g/mol. The van der Waals surface area contributed by atoms with Gasteiger partial charge in [-0.3, -0.25) is 0 Å². The van der Waals surface area contributed by atoms with Gasteiger partial charge in [0.1, 0.15) is 0 Å². The Labute approximate surface area is 162 Å². The second-order valence-corrected chi connectivity index (χ2v) is 5.76. The molecule has 21 heavy (non-hydrogen) atoms. The van der Waals surface area contributed by atoms with E-state index in [1.807, 2.05) is 0 Å². The van der Waals surface area contributed by atoms with Crippen LogP contribution in [0.5, 0.6) is 0 Å². The molecule has 0 rings (SSSR count). The summed E-state index contributed by atoms with van der Waals surface area (Å²) in [6.45, 7) is 2.59. The topological polar surface area (TPSA) is 55.3 Å². The van der Waals surface area contributed by atoms with Gasteiger partial charge in [0.2, 0.25) is 0 Å². The summed E-state index contributed by atoms with van der Waals surface area (Å²) in [5, 5.41) is 20.2. The first-order chi connectivity index (χ1) is 9.77. The summed E-state index contributed by atoms with van der Waals surface area (Å²) < 4.78 is 4.44. The second kappa shape index (κ2) is 21.2. The van der Waals surface area contributed by atoms with E-state index in [0.717, 1.165) is 12.8 Å². The van der Waals surface area contributed by atoms with Gasteiger partial charge in [0.25, 0.3) is 0 Å². The van der Waals surface area contributed by atoms with E-state index in [1.165, 1.54) is 77.0 Å². The van der Waals surface area contributed by atoms with Crippen LogP contribution in [0.4, 0.5) is 0 Å². The second-order valence-electron chi connectivity index (χ2n) is 5.76. The van der Waals surface area contributed by atoms with Gasteiger partial charge in [-0.1, -0.05) is 90.4 Å². The molecule has 0 aromatic carbocycles. The molecule has 0 radical (unpaired) electrons. The Morgan fingerprint density at radius 3 is 1.29 bits per heavy atom. The Morgan fingerprint density at radius 1 is 0.619 bits per heavy atom. The van der Waals surface area contributed by atoms with E-state index in [0.29, 0.717) is 6.61 Å². The van der Waals surface area contributed by atoms with E-state index in [-0.39, 0.29) is 37.7 Å². The van der Waals surface area contributed by atoms with Crippen LogP contribution in [0.2, 0.25) is 0 Å². The van der Waals surface area contributed by atoms with E-state index in [4.69, 9.17) is 0 Å². The van der Waals surface area contributed by atoms with Gasteiger partial charge in [0, 0.05) is 6.61 Å². The third kappa shape index (κ3) is 23.6. The zero-order valence-electron chi connectivity index (χ0n) is 14.1. The summed E-state index contributed by atoms with van der Waals surface area (Å²) in [4.78, 5) is 0. The Bertz CT molecular complexity index is 183. The van der Waals surface area contributed by atoms with Crippen molar-refractivity contribution in [3.8, 4) is 0 Å². The van der Waals surface area contributed by atoms with E-state index < -0.39 is 7.32 Å². The molecule has 0 spiro atoms. The zero-order valence-corrected chi connectivity index (χ0v) is 16.3. The summed E-state index contributed by atoms with van der Waals surface area (Å²) >= 11 is 0. The predicted octanol–water partition coefficient (Wildman–Crippen LogP) is 2.81. The van der Waals surface area contributed by atoms with Gasteiger partial charge in [0.15, 0.2) is 0 Å².